The minimum Gasteiger partial charge on any atom is -0.494 e. The molecule has 1 aromatic carbocycles. The van der Waals surface area contributed by atoms with Crippen LogP contribution in [-0.2, 0) is 15.6 Å². The number of sulfone groups is 1. The lowest BCUT2D eigenvalue weighted by Crippen LogP contribution is -2.24. The van der Waals surface area contributed by atoms with Gasteiger partial charge in [0.05, 0.1) is 49.8 Å². The van der Waals surface area contributed by atoms with E-state index in [1.54, 1.807) is 54.8 Å². The third-order valence-corrected chi connectivity index (χ3v) is 7.25. The number of methoxy groups -OCH3 is 2. The lowest BCUT2D eigenvalue weighted by Gasteiger charge is -2.17. The van der Waals surface area contributed by atoms with Crippen LogP contribution < -0.4 is 14.2 Å². The van der Waals surface area contributed by atoms with Crippen LogP contribution in [0.2, 0.25) is 0 Å². The number of imidazole rings is 1. The lowest BCUT2D eigenvalue weighted by molar-refractivity contribution is 0.0772. The summed E-state index contributed by atoms with van der Waals surface area (Å²) in [5.74, 6) is 1.26. The van der Waals surface area contributed by atoms with Crippen LogP contribution in [0.5, 0.6) is 17.4 Å². The Morgan fingerprint density at radius 3 is 2.32 bits per heavy atom. The van der Waals surface area contributed by atoms with Crippen molar-refractivity contribution in [1.82, 2.24) is 24.5 Å². The molecule has 0 spiro atoms. The summed E-state index contributed by atoms with van der Waals surface area (Å²) in [6.07, 6.45) is 1.50. The Bertz CT molecular complexity index is 1520. The van der Waals surface area contributed by atoms with E-state index in [1.807, 2.05) is 6.92 Å². The SMILES string of the molecule is CCOc1cccc(-c2nc3ncc(CS(=O)(=O)CCC(C)(C)O)nc3n2-c2c(OC)cccc2OC)n1. The second-order valence-electron chi connectivity index (χ2n) is 9.24. The minimum atomic E-state index is -3.57. The summed E-state index contributed by atoms with van der Waals surface area (Å²) >= 11 is 0. The summed E-state index contributed by atoms with van der Waals surface area (Å²) in [5.41, 5.74) is 0.735. The average molecular weight is 542 g/mol. The largest absolute Gasteiger partial charge is 0.494 e. The molecule has 1 N–H and O–H groups in total. The second-order valence-corrected chi connectivity index (χ2v) is 11.4. The number of benzene rings is 1. The van der Waals surface area contributed by atoms with Crippen molar-refractivity contribution in [3.05, 3.63) is 48.3 Å². The van der Waals surface area contributed by atoms with Gasteiger partial charge in [-0.25, -0.2) is 28.4 Å². The van der Waals surface area contributed by atoms with Crippen molar-refractivity contribution in [2.24, 2.45) is 0 Å². The molecule has 3 aromatic heterocycles. The molecule has 0 saturated heterocycles. The van der Waals surface area contributed by atoms with E-state index in [0.717, 1.165) is 0 Å². The van der Waals surface area contributed by atoms with Gasteiger partial charge in [-0.2, -0.15) is 0 Å². The Morgan fingerprint density at radius 2 is 1.68 bits per heavy atom. The molecule has 0 unspecified atom stereocenters. The summed E-state index contributed by atoms with van der Waals surface area (Å²) in [6, 6.07) is 10.7. The van der Waals surface area contributed by atoms with Gasteiger partial charge in [0.1, 0.15) is 22.9 Å². The molecule has 3 heterocycles. The first-order valence-corrected chi connectivity index (χ1v) is 13.9. The Labute approximate surface area is 221 Å². The molecule has 0 bridgehead atoms. The van der Waals surface area contributed by atoms with E-state index in [2.05, 4.69) is 15.0 Å². The zero-order valence-electron chi connectivity index (χ0n) is 22.0. The number of hydrogen-bond acceptors (Lipinski definition) is 10. The van der Waals surface area contributed by atoms with Crippen LogP contribution >= 0.6 is 0 Å². The zero-order valence-corrected chi connectivity index (χ0v) is 22.8. The van der Waals surface area contributed by atoms with Crippen LogP contribution in [0.15, 0.2) is 42.6 Å². The molecule has 0 radical (unpaired) electrons. The third kappa shape index (κ3) is 6.03. The maximum absolute atomic E-state index is 12.8. The van der Waals surface area contributed by atoms with E-state index in [0.29, 0.717) is 46.8 Å². The molecule has 0 amide bonds. The zero-order chi connectivity index (χ0) is 27.5. The molecule has 38 heavy (non-hydrogen) atoms. The van der Waals surface area contributed by atoms with Gasteiger partial charge in [-0.05, 0) is 45.4 Å². The van der Waals surface area contributed by atoms with E-state index >= 15 is 0 Å². The van der Waals surface area contributed by atoms with Crippen molar-refractivity contribution < 1.29 is 27.7 Å². The van der Waals surface area contributed by atoms with E-state index in [9.17, 15) is 13.5 Å². The molecule has 4 rings (SSSR count). The van der Waals surface area contributed by atoms with E-state index < -0.39 is 15.4 Å². The molecule has 0 aliphatic carbocycles. The van der Waals surface area contributed by atoms with Crippen molar-refractivity contribution in [2.75, 3.05) is 26.6 Å². The molecular weight excluding hydrogens is 510 g/mol. The first kappa shape index (κ1) is 27.3. The Kier molecular flexibility index (Phi) is 7.83. The number of fused-ring (bicyclic) bond motifs is 1. The van der Waals surface area contributed by atoms with Gasteiger partial charge in [-0.1, -0.05) is 12.1 Å². The number of pyridine rings is 1. The van der Waals surface area contributed by atoms with Crippen LogP contribution in [0.25, 0.3) is 28.5 Å². The predicted molar refractivity (Wildman–Crippen MR) is 143 cm³/mol. The third-order valence-electron chi connectivity index (χ3n) is 5.68. The summed E-state index contributed by atoms with van der Waals surface area (Å²) in [5, 5.41) is 9.97. The average Bonchev–Trinajstić information content (AvgIpc) is 3.25. The number of rotatable bonds is 11. The summed E-state index contributed by atoms with van der Waals surface area (Å²) < 4.78 is 44.2. The van der Waals surface area contributed by atoms with Crippen molar-refractivity contribution in [1.29, 1.82) is 0 Å². The van der Waals surface area contributed by atoms with Crippen molar-refractivity contribution in [3.8, 4) is 34.6 Å². The van der Waals surface area contributed by atoms with Crippen molar-refractivity contribution >= 4 is 21.1 Å². The fourth-order valence-corrected chi connectivity index (χ4v) is 5.41. The second kappa shape index (κ2) is 10.9. The summed E-state index contributed by atoms with van der Waals surface area (Å²) in [4.78, 5) is 18.4. The fourth-order valence-electron chi connectivity index (χ4n) is 3.86. The first-order valence-electron chi connectivity index (χ1n) is 12.0. The minimum absolute atomic E-state index is 0.105. The number of hydrogen-bond donors (Lipinski definition) is 1. The summed E-state index contributed by atoms with van der Waals surface area (Å²) in [7, 11) is -0.489. The maximum atomic E-state index is 12.8. The number of nitrogens with zero attached hydrogens (tertiary/aromatic N) is 5. The Hall–Kier alpha value is -3.77. The Morgan fingerprint density at radius 1 is 1.00 bits per heavy atom. The molecule has 11 nitrogen and oxygen atoms in total. The van der Waals surface area contributed by atoms with Gasteiger partial charge < -0.3 is 19.3 Å². The molecule has 4 aromatic rings. The molecule has 0 atom stereocenters. The standard InChI is InChI=1S/C26H31N5O6S/c1-6-37-21-12-7-9-18(29-21)24-30-23-25(31(24)22-19(35-4)10-8-11-20(22)36-5)28-17(15-27-23)16-38(33,34)14-13-26(2,3)32/h7-12,15,32H,6,13-14,16H2,1-5H3. The number of aromatic nitrogens is 5. The van der Waals surface area contributed by atoms with Crippen LogP contribution in [0.1, 0.15) is 32.9 Å². The topological polar surface area (TPSA) is 139 Å². The normalized spacial score (nSPS) is 12.1. The van der Waals surface area contributed by atoms with Crippen LogP contribution in [-0.4, -0.2) is 70.2 Å². The van der Waals surface area contributed by atoms with Gasteiger partial charge >= 0.3 is 0 Å². The molecule has 0 saturated carbocycles. The highest BCUT2D eigenvalue weighted by Crippen LogP contribution is 2.37. The molecular formula is C26H31N5O6S. The van der Waals surface area contributed by atoms with E-state index in [-0.39, 0.29) is 29.3 Å². The predicted octanol–water partition coefficient (Wildman–Crippen LogP) is 3.37. The number of aliphatic hydroxyl groups is 1. The van der Waals surface area contributed by atoms with E-state index in [4.69, 9.17) is 19.2 Å². The first-order chi connectivity index (χ1) is 18.0. The molecule has 0 aliphatic rings. The molecule has 0 aliphatic heterocycles. The monoisotopic (exact) mass is 541 g/mol. The van der Waals surface area contributed by atoms with Crippen molar-refractivity contribution in [3.63, 3.8) is 0 Å². The van der Waals surface area contributed by atoms with Gasteiger partial charge in [-0.15, -0.1) is 0 Å². The van der Waals surface area contributed by atoms with Crippen molar-refractivity contribution in [2.45, 2.75) is 38.5 Å². The smallest absolute Gasteiger partial charge is 0.213 e. The van der Waals surface area contributed by atoms with Crippen LogP contribution in [0, 0.1) is 0 Å². The molecule has 202 valence electrons. The number of ether oxygens (including phenoxy) is 3. The van der Waals surface area contributed by atoms with Gasteiger partial charge in [0.2, 0.25) is 5.88 Å². The Balaban J connectivity index is 1.92. The maximum Gasteiger partial charge on any atom is 0.213 e. The van der Waals surface area contributed by atoms with E-state index in [1.165, 1.54) is 20.4 Å². The van der Waals surface area contributed by atoms with Gasteiger partial charge in [0, 0.05) is 6.07 Å². The van der Waals surface area contributed by atoms with Gasteiger partial charge in [-0.3, -0.25) is 4.57 Å². The van der Waals surface area contributed by atoms with Gasteiger partial charge in [0.25, 0.3) is 0 Å². The highest BCUT2D eigenvalue weighted by molar-refractivity contribution is 7.90. The molecule has 0 fully saturated rings. The lowest BCUT2D eigenvalue weighted by atomic mass is 10.1. The quantitative estimate of drug-likeness (QED) is 0.301. The van der Waals surface area contributed by atoms with Crippen LogP contribution in [0.4, 0.5) is 0 Å². The number of para-hydroxylation sites is 1. The highest BCUT2D eigenvalue weighted by Gasteiger charge is 2.25. The van der Waals surface area contributed by atoms with Crippen LogP contribution in [0.3, 0.4) is 0 Å². The fraction of sp³-hybridized carbons (Fsp3) is 0.385. The summed E-state index contributed by atoms with van der Waals surface area (Å²) in [6.45, 7) is 5.46. The van der Waals surface area contributed by atoms with Gasteiger partial charge in [0.15, 0.2) is 27.0 Å². The highest BCUT2D eigenvalue weighted by atomic mass is 32.2. The molecule has 12 heteroatoms.